The predicted octanol–water partition coefficient (Wildman–Crippen LogP) is 7.28. The van der Waals surface area contributed by atoms with Crippen molar-refractivity contribution in [3.8, 4) is 0 Å². The number of hydrogen-bond donors (Lipinski definition) is 1. The SMILES string of the molecule is CCCCCCCCCCCCCCCC=CCCCC(=O)O. The van der Waals surface area contributed by atoms with Crippen molar-refractivity contribution in [1.29, 1.82) is 0 Å². The van der Waals surface area contributed by atoms with Gasteiger partial charge in [0.05, 0.1) is 0 Å². The van der Waals surface area contributed by atoms with Gasteiger partial charge in [-0.15, -0.1) is 0 Å². The predicted molar refractivity (Wildman–Crippen MR) is 101 cm³/mol. The second-order valence-corrected chi connectivity index (χ2v) is 6.79. The third kappa shape index (κ3) is 21.2. The Morgan fingerprint density at radius 2 is 1.04 bits per heavy atom. The normalized spacial score (nSPS) is 11.3. The van der Waals surface area contributed by atoms with E-state index in [0.29, 0.717) is 6.42 Å². The summed E-state index contributed by atoms with van der Waals surface area (Å²) in [6.45, 7) is 2.28. The fourth-order valence-electron chi connectivity index (χ4n) is 2.89. The summed E-state index contributed by atoms with van der Waals surface area (Å²) in [5.41, 5.74) is 0. The van der Waals surface area contributed by atoms with Gasteiger partial charge in [-0.3, -0.25) is 4.79 Å². The quantitative estimate of drug-likeness (QED) is 0.212. The topological polar surface area (TPSA) is 37.3 Å². The van der Waals surface area contributed by atoms with Crippen molar-refractivity contribution in [2.75, 3.05) is 0 Å². The van der Waals surface area contributed by atoms with Gasteiger partial charge in [0.2, 0.25) is 0 Å². The molecule has 0 aliphatic heterocycles. The smallest absolute Gasteiger partial charge is 0.303 e. The van der Waals surface area contributed by atoms with E-state index in [-0.39, 0.29) is 0 Å². The molecule has 0 spiro atoms. The van der Waals surface area contributed by atoms with Crippen LogP contribution in [0.2, 0.25) is 0 Å². The van der Waals surface area contributed by atoms with Crippen molar-refractivity contribution in [1.82, 2.24) is 0 Å². The lowest BCUT2D eigenvalue weighted by molar-refractivity contribution is -0.137. The van der Waals surface area contributed by atoms with Gasteiger partial charge >= 0.3 is 5.97 Å². The van der Waals surface area contributed by atoms with Crippen molar-refractivity contribution >= 4 is 5.97 Å². The minimum Gasteiger partial charge on any atom is -0.481 e. The van der Waals surface area contributed by atoms with Gasteiger partial charge in [0.25, 0.3) is 0 Å². The molecule has 0 rings (SSSR count). The number of rotatable bonds is 18. The van der Waals surface area contributed by atoms with Crippen LogP contribution < -0.4 is 0 Å². The van der Waals surface area contributed by atoms with E-state index in [1.807, 2.05) is 0 Å². The van der Waals surface area contributed by atoms with Crippen LogP contribution in [0.4, 0.5) is 0 Å². The molecule has 0 radical (unpaired) electrons. The van der Waals surface area contributed by atoms with Gasteiger partial charge in [-0.05, 0) is 25.7 Å². The number of allylic oxidation sites excluding steroid dienone is 2. The van der Waals surface area contributed by atoms with E-state index in [0.717, 1.165) is 19.3 Å². The van der Waals surface area contributed by atoms with E-state index in [2.05, 4.69) is 19.1 Å². The number of aliphatic carboxylic acids is 1. The highest BCUT2D eigenvalue weighted by molar-refractivity contribution is 5.66. The molecular weight excluding hydrogens is 284 g/mol. The maximum Gasteiger partial charge on any atom is 0.303 e. The molecule has 1 N–H and O–H groups in total. The van der Waals surface area contributed by atoms with E-state index < -0.39 is 5.97 Å². The third-order valence-corrected chi connectivity index (χ3v) is 4.40. The molecular formula is C21H40O2. The molecule has 0 aliphatic rings. The summed E-state index contributed by atoms with van der Waals surface area (Å²) >= 11 is 0. The summed E-state index contributed by atoms with van der Waals surface area (Å²) in [6.07, 6.45) is 25.7. The molecule has 0 aromatic heterocycles. The molecule has 136 valence electrons. The zero-order valence-corrected chi connectivity index (χ0v) is 15.5. The summed E-state index contributed by atoms with van der Waals surface area (Å²) < 4.78 is 0. The van der Waals surface area contributed by atoms with Crippen LogP contribution in [0.25, 0.3) is 0 Å². The van der Waals surface area contributed by atoms with Gasteiger partial charge in [0.15, 0.2) is 0 Å². The largest absolute Gasteiger partial charge is 0.481 e. The van der Waals surface area contributed by atoms with Crippen molar-refractivity contribution in [3.05, 3.63) is 12.2 Å². The van der Waals surface area contributed by atoms with E-state index in [1.54, 1.807) is 0 Å². The molecule has 0 bridgehead atoms. The van der Waals surface area contributed by atoms with Gasteiger partial charge in [-0.2, -0.15) is 0 Å². The molecule has 0 atom stereocenters. The van der Waals surface area contributed by atoms with Crippen molar-refractivity contribution in [2.45, 2.75) is 116 Å². The number of carbonyl (C=O) groups is 1. The first-order valence-electron chi connectivity index (χ1n) is 10.1. The van der Waals surface area contributed by atoms with Crippen LogP contribution in [0.5, 0.6) is 0 Å². The lowest BCUT2D eigenvalue weighted by atomic mass is 10.0. The number of carboxylic acid groups (broad SMARTS) is 1. The summed E-state index contributed by atoms with van der Waals surface area (Å²) in [5, 5.41) is 8.52. The highest BCUT2D eigenvalue weighted by atomic mass is 16.4. The van der Waals surface area contributed by atoms with E-state index >= 15 is 0 Å². The first-order chi connectivity index (χ1) is 11.3. The molecule has 0 aromatic rings. The zero-order valence-electron chi connectivity index (χ0n) is 15.5. The summed E-state index contributed by atoms with van der Waals surface area (Å²) in [4.78, 5) is 10.3. The van der Waals surface area contributed by atoms with Gasteiger partial charge in [-0.25, -0.2) is 0 Å². The molecule has 0 heterocycles. The van der Waals surface area contributed by atoms with Gasteiger partial charge < -0.3 is 5.11 Å². The van der Waals surface area contributed by atoms with E-state index in [9.17, 15) is 4.79 Å². The Balaban J connectivity index is 3.05. The van der Waals surface area contributed by atoms with E-state index in [1.165, 1.54) is 83.5 Å². The Kier molecular flexibility index (Phi) is 18.6. The molecule has 0 fully saturated rings. The van der Waals surface area contributed by atoms with Crippen LogP contribution in [-0.4, -0.2) is 11.1 Å². The number of hydrogen-bond acceptors (Lipinski definition) is 1. The van der Waals surface area contributed by atoms with Crippen LogP contribution in [0.15, 0.2) is 12.2 Å². The Bertz CT molecular complexity index is 271. The maximum absolute atomic E-state index is 10.3. The maximum atomic E-state index is 10.3. The monoisotopic (exact) mass is 324 g/mol. The molecule has 2 nitrogen and oxygen atoms in total. The molecule has 0 saturated carbocycles. The van der Waals surface area contributed by atoms with Gasteiger partial charge in [0, 0.05) is 6.42 Å². The van der Waals surface area contributed by atoms with Crippen molar-refractivity contribution < 1.29 is 9.90 Å². The van der Waals surface area contributed by atoms with Crippen LogP contribution in [0.1, 0.15) is 116 Å². The molecule has 23 heavy (non-hydrogen) atoms. The zero-order chi connectivity index (χ0) is 17.0. The molecule has 2 heteroatoms. The van der Waals surface area contributed by atoms with Gasteiger partial charge in [-0.1, -0.05) is 96.1 Å². The average molecular weight is 325 g/mol. The first kappa shape index (κ1) is 22.2. The molecule has 0 aliphatic carbocycles. The molecule has 0 unspecified atom stereocenters. The second-order valence-electron chi connectivity index (χ2n) is 6.79. The Morgan fingerprint density at radius 3 is 1.48 bits per heavy atom. The number of unbranched alkanes of at least 4 members (excludes halogenated alkanes) is 14. The molecule has 0 amide bonds. The summed E-state index contributed by atoms with van der Waals surface area (Å²) in [5.74, 6) is -0.685. The average Bonchev–Trinajstić information content (AvgIpc) is 2.53. The minimum absolute atomic E-state index is 0.295. The Hall–Kier alpha value is -0.790. The molecule has 0 aromatic carbocycles. The van der Waals surface area contributed by atoms with Crippen molar-refractivity contribution in [2.24, 2.45) is 0 Å². The van der Waals surface area contributed by atoms with Crippen LogP contribution >= 0.6 is 0 Å². The van der Waals surface area contributed by atoms with Crippen molar-refractivity contribution in [3.63, 3.8) is 0 Å². The van der Waals surface area contributed by atoms with Gasteiger partial charge in [0.1, 0.15) is 0 Å². The third-order valence-electron chi connectivity index (χ3n) is 4.40. The molecule has 0 saturated heterocycles. The Morgan fingerprint density at radius 1 is 0.652 bits per heavy atom. The second kappa shape index (κ2) is 19.3. The Labute approximate surface area is 144 Å². The summed E-state index contributed by atoms with van der Waals surface area (Å²) in [7, 11) is 0. The standard InChI is InChI=1S/C21H40O2/c1-2-3-4-5-6-7-8-9-10-11-12-13-14-15-16-17-18-19-20-21(22)23/h16-17H,2-15,18-20H2,1H3,(H,22,23). The fraction of sp³-hybridized carbons (Fsp3) is 0.857. The highest BCUT2D eigenvalue weighted by Gasteiger charge is 1.94. The number of carboxylic acids is 1. The van der Waals surface area contributed by atoms with Crippen LogP contribution in [0, 0.1) is 0 Å². The first-order valence-corrected chi connectivity index (χ1v) is 10.1. The summed E-state index contributed by atoms with van der Waals surface area (Å²) in [6, 6.07) is 0. The van der Waals surface area contributed by atoms with Crippen LogP contribution in [0.3, 0.4) is 0 Å². The fourth-order valence-corrected chi connectivity index (χ4v) is 2.89. The minimum atomic E-state index is -0.685. The van der Waals surface area contributed by atoms with E-state index in [4.69, 9.17) is 5.11 Å². The lowest BCUT2D eigenvalue weighted by Gasteiger charge is -2.02. The van der Waals surface area contributed by atoms with Crippen LogP contribution in [-0.2, 0) is 4.79 Å². The lowest BCUT2D eigenvalue weighted by Crippen LogP contribution is -1.92. The highest BCUT2D eigenvalue weighted by Crippen LogP contribution is 2.13.